The first kappa shape index (κ1) is 18.0. The number of phenolic OH excluding ortho intramolecular Hbond substituents is 1. The van der Waals surface area contributed by atoms with Crippen LogP contribution in [0.5, 0.6) is 5.75 Å². The lowest BCUT2D eigenvalue weighted by Crippen LogP contribution is -2.14. The predicted molar refractivity (Wildman–Crippen MR) is 85.3 cm³/mol. The third-order valence-corrected chi connectivity index (χ3v) is 4.51. The van der Waals surface area contributed by atoms with Crippen LogP contribution in [-0.4, -0.2) is 23.8 Å². The highest BCUT2D eigenvalue weighted by Gasteiger charge is 2.18. The maximum atomic E-state index is 11.2. The minimum atomic E-state index is -4.00. The Hall–Kier alpha value is -1.07. The standard InChI is InChI=1S/C16H26O4S/c1-2-3-4-5-6-7-8-15(13-21(18,19)20)14-9-11-16(17)12-10-14/h9-12,15,17H,2-8,13H2,1H3,(H,18,19,20). The molecule has 0 saturated carbocycles. The van der Waals surface area contributed by atoms with Gasteiger partial charge in [-0.1, -0.05) is 57.6 Å². The van der Waals surface area contributed by atoms with Crippen LogP contribution in [0.1, 0.15) is 63.4 Å². The van der Waals surface area contributed by atoms with Crippen molar-refractivity contribution in [2.75, 3.05) is 5.75 Å². The summed E-state index contributed by atoms with van der Waals surface area (Å²) < 4.78 is 31.4. The third-order valence-electron chi connectivity index (χ3n) is 3.68. The zero-order valence-corrected chi connectivity index (χ0v) is 13.5. The number of aromatic hydroxyl groups is 1. The topological polar surface area (TPSA) is 74.6 Å². The highest BCUT2D eigenvalue weighted by atomic mass is 32.2. The van der Waals surface area contributed by atoms with Gasteiger partial charge in [-0.25, -0.2) is 0 Å². The second-order valence-electron chi connectivity index (χ2n) is 5.59. The highest BCUT2D eigenvalue weighted by Crippen LogP contribution is 2.26. The van der Waals surface area contributed by atoms with Gasteiger partial charge < -0.3 is 5.11 Å². The van der Waals surface area contributed by atoms with Gasteiger partial charge >= 0.3 is 0 Å². The monoisotopic (exact) mass is 314 g/mol. The minimum Gasteiger partial charge on any atom is -0.508 e. The Balaban J connectivity index is 2.55. The normalized spacial score (nSPS) is 13.2. The summed E-state index contributed by atoms with van der Waals surface area (Å²) in [6.07, 6.45) is 7.60. The number of hydrogen-bond donors (Lipinski definition) is 2. The molecule has 21 heavy (non-hydrogen) atoms. The molecule has 0 aliphatic heterocycles. The van der Waals surface area contributed by atoms with Crippen LogP contribution in [0, 0.1) is 0 Å². The molecule has 1 unspecified atom stereocenters. The van der Waals surface area contributed by atoms with Gasteiger partial charge in [-0.2, -0.15) is 8.42 Å². The van der Waals surface area contributed by atoms with E-state index in [4.69, 9.17) is 4.55 Å². The summed E-state index contributed by atoms with van der Waals surface area (Å²) in [4.78, 5) is 0. The number of rotatable bonds is 10. The molecule has 4 nitrogen and oxygen atoms in total. The Morgan fingerprint density at radius 1 is 1.00 bits per heavy atom. The van der Waals surface area contributed by atoms with E-state index in [1.807, 2.05) is 0 Å². The summed E-state index contributed by atoms with van der Waals surface area (Å²) in [6, 6.07) is 6.55. The first-order valence-corrected chi connectivity index (χ1v) is 9.27. The minimum absolute atomic E-state index is 0.156. The zero-order valence-electron chi connectivity index (χ0n) is 12.7. The van der Waals surface area contributed by atoms with Crippen LogP contribution >= 0.6 is 0 Å². The van der Waals surface area contributed by atoms with Crippen molar-refractivity contribution in [3.63, 3.8) is 0 Å². The number of hydrogen-bond acceptors (Lipinski definition) is 3. The van der Waals surface area contributed by atoms with Crippen LogP contribution in [-0.2, 0) is 10.1 Å². The Morgan fingerprint density at radius 2 is 1.57 bits per heavy atom. The molecule has 0 bridgehead atoms. The van der Waals surface area contributed by atoms with E-state index in [-0.39, 0.29) is 17.4 Å². The van der Waals surface area contributed by atoms with Gasteiger partial charge in [0.15, 0.2) is 0 Å². The fraction of sp³-hybridized carbons (Fsp3) is 0.625. The first-order chi connectivity index (χ1) is 9.92. The van der Waals surface area contributed by atoms with E-state index in [0.29, 0.717) is 0 Å². The molecule has 0 aliphatic carbocycles. The van der Waals surface area contributed by atoms with E-state index >= 15 is 0 Å². The van der Waals surface area contributed by atoms with Crippen LogP contribution in [0.25, 0.3) is 0 Å². The fourth-order valence-electron chi connectivity index (χ4n) is 2.52. The van der Waals surface area contributed by atoms with Crippen molar-refractivity contribution >= 4 is 10.1 Å². The molecule has 1 aromatic carbocycles. The molecular weight excluding hydrogens is 288 g/mol. The maximum absolute atomic E-state index is 11.2. The van der Waals surface area contributed by atoms with E-state index < -0.39 is 10.1 Å². The van der Waals surface area contributed by atoms with Gasteiger partial charge in [0.05, 0.1) is 5.75 Å². The number of unbranched alkanes of at least 4 members (excludes halogenated alkanes) is 5. The van der Waals surface area contributed by atoms with Gasteiger partial charge in [-0.15, -0.1) is 0 Å². The van der Waals surface area contributed by atoms with Crippen molar-refractivity contribution in [1.29, 1.82) is 0 Å². The van der Waals surface area contributed by atoms with Crippen LogP contribution in [0.3, 0.4) is 0 Å². The third kappa shape index (κ3) is 8.07. The van der Waals surface area contributed by atoms with E-state index in [1.54, 1.807) is 24.3 Å². The van der Waals surface area contributed by atoms with Gasteiger partial charge in [-0.3, -0.25) is 4.55 Å². The van der Waals surface area contributed by atoms with E-state index in [9.17, 15) is 13.5 Å². The molecule has 0 saturated heterocycles. The Morgan fingerprint density at radius 3 is 2.14 bits per heavy atom. The molecule has 1 rings (SSSR count). The van der Waals surface area contributed by atoms with E-state index in [2.05, 4.69) is 6.92 Å². The zero-order chi connectivity index (χ0) is 15.7. The summed E-state index contributed by atoms with van der Waals surface area (Å²) >= 11 is 0. The number of phenols is 1. The molecule has 1 aromatic rings. The Bertz CT molecular complexity index is 494. The Labute approximate surface area is 128 Å². The highest BCUT2D eigenvalue weighted by molar-refractivity contribution is 7.85. The fourth-order valence-corrected chi connectivity index (χ4v) is 3.39. The quantitative estimate of drug-likeness (QED) is 0.503. The lowest BCUT2D eigenvalue weighted by molar-refractivity contribution is 0.469. The molecular formula is C16H26O4S. The van der Waals surface area contributed by atoms with Crippen LogP contribution in [0.4, 0.5) is 0 Å². The van der Waals surface area contributed by atoms with Crippen molar-refractivity contribution in [3.8, 4) is 5.75 Å². The van der Waals surface area contributed by atoms with Crippen molar-refractivity contribution in [1.82, 2.24) is 0 Å². The summed E-state index contributed by atoms with van der Waals surface area (Å²) in [6.45, 7) is 2.17. The molecule has 0 radical (unpaired) electrons. The summed E-state index contributed by atoms with van der Waals surface area (Å²) in [5, 5.41) is 9.30. The summed E-state index contributed by atoms with van der Waals surface area (Å²) in [7, 11) is -4.00. The first-order valence-electron chi connectivity index (χ1n) is 7.66. The van der Waals surface area contributed by atoms with Gasteiger partial charge in [0.25, 0.3) is 10.1 Å². The van der Waals surface area contributed by atoms with Crippen molar-refractivity contribution < 1.29 is 18.1 Å². The summed E-state index contributed by atoms with van der Waals surface area (Å²) in [5.41, 5.74) is 0.846. The largest absolute Gasteiger partial charge is 0.508 e. The molecule has 120 valence electrons. The molecule has 0 fully saturated rings. The molecule has 1 atom stereocenters. The van der Waals surface area contributed by atoms with Crippen LogP contribution in [0.15, 0.2) is 24.3 Å². The molecule has 0 amide bonds. The lowest BCUT2D eigenvalue weighted by atomic mass is 9.94. The van der Waals surface area contributed by atoms with Crippen molar-refractivity contribution in [2.24, 2.45) is 0 Å². The smallest absolute Gasteiger partial charge is 0.265 e. The van der Waals surface area contributed by atoms with Gasteiger partial charge in [0.1, 0.15) is 5.75 Å². The SMILES string of the molecule is CCCCCCCCC(CS(=O)(=O)O)c1ccc(O)cc1. The van der Waals surface area contributed by atoms with Crippen LogP contribution in [0.2, 0.25) is 0 Å². The van der Waals surface area contributed by atoms with Gasteiger partial charge in [0.2, 0.25) is 0 Å². The second-order valence-corrected chi connectivity index (χ2v) is 7.09. The van der Waals surface area contributed by atoms with Crippen molar-refractivity contribution in [2.45, 2.75) is 57.8 Å². The maximum Gasteiger partial charge on any atom is 0.265 e. The Kier molecular flexibility index (Phi) is 7.75. The van der Waals surface area contributed by atoms with Crippen molar-refractivity contribution in [3.05, 3.63) is 29.8 Å². The molecule has 0 aliphatic rings. The predicted octanol–water partition coefficient (Wildman–Crippen LogP) is 4.11. The molecule has 5 heteroatoms. The van der Waals surface area contributed by atoms with Gasteiger partial charge in [0, 0.05) is 5.92 Å². The van der Waals surface area contributed by atoms with E-state index in [0.717, 1.165) is 24.8 Å². The molecule has 2 N–H and O–H groups in total. The van der Waals surface area contributed by atoms with E-state index in [1.165, 1.54) is 25.7 Å². The van der Waals surface area contributed by atoms with Gasteiger partial charge in [-0.05, 0) is 24.1 Å². The molecule has 0 heterocycles. The second kappa shape index (κ2) is 9.05. The van der Waals surface area contributed by atoms with Crippen LogP contribution < -0.4 is 0 Å². The lowest BCUT2D eigenvalue weighted by Gasteiger charge is -2.16. The average molecular weight is 314 g/mol. The average Bonchev–Trinajstić information content (AvgIpc) is 2.41. The molecule has 0 spiro atoms. The number of benzene rings is 1. The molecule has 0 aromatic heterocycles. The summed E-state index contributed by atoms with van der Waals surface area (Å²) in [5.74, 6) is -0.317.